The number of hydrogen-bond acceptors (Lipinski definition) is 3. The largest absolute Gasteiger partial charge is 0.497 e. The Bertz CT molecular complexity index is 650. The lowest BCUT2D eigenvalue weighted by molar-refractivity contribution is 0.405. The molecule has 0 aliphatic rings. The molecule has 1 unspecified atom stereocenters. The van der Waals surface area contributed by atoms with Crippen LogP contribution >= 0.6 is 0 Å². The number of pyridine rings is 1. The SMILES string of the molecule is COc1ccc(C(C)N(C)c2c(F)c(F)nc(F)c2F)cc1. The number of nitrogens with zero attached hydrogens (tertiary/aromatic N) is 2. The summed E-state index contributed by atoms with van der Waals surface area (Å²) in [6, 6.07) is 6.23. The van der Waals surface area contributed by atoms with Crippen molar-refractivity contribution >= 4 is 5.69 Å². The molecule has 118 valence electrons. The number of hydrogen-bond donors (Lipinski definition) is 0. The smallest absolute Gasteiger partial charge is 0.253 e. The molecule has 0 aliphatic heterocycles. The number of ether oxygens (including phenoxy) is 1. The van der Waals surface area contributed by atoms with Crippen molar-refractivity contribution in [1.29, 1.82) is 0 Å². The molecule has 0 saturated carbocycles. The van der Waals surface area contributed by atoms with E-state index in [0.717, 1.165) is 4.90 Å². The van der Waals surface area contributed by atoms with Gasteiger partial charge in [-0.05, 0) is 24.6 Å². The van der Waals surface area contributed by atoms with E-state index in [4.69, 9.17) is 4.74 Å². The maximum Gasteiger partial charge on any atom is 0.253 e. The van der Waals surface area contributed by atoms with Gasteiger partial charge in [-0.2, -0.15) is 22.5 Å². The standard InChI is InChI=1S/C15H14F4N2O/c1-8(9-4-6-10(22-3)7-5-9)21(2)13-11(16)14(18)20-15(19)12(13)17/h4-8H,1-3H3. The number of rotatable bonds is 4. The number of halogens is 4. The fraction of sp³-hybridized carbons (Fsp3) is 0.267. The summed E-state index contributed by atoms with van der Waals surface area (Å²) in [6.07, 6.45) is 0. The Labute approximate surface area is 125 Å². The van der Waals surface area contributed by atoms with Gasteiger partial charge in [-0.25, -0.2) is 0 Å². The van der Waals surface area contributed by atoms with Crippen LogP contribution in [0.3, 0.4) is 0 Å². The van der Waals surface area contributed by atoms with Crippen LogP contribution in [-0.2, 0) is 0 Å². The van der Waals surface area contributed by atoms with E-state index < -0.39 is 35.3 Å². The minimum atomic E-state index is -1.68. The van der Waals surface area contributed by atoms with Crippen LogP contribution in [0.4, 0.5) is 23.2 Å². The van der Waals surface area contributed by atoms with Gasteiger partial charge >= 0.3 is 0 Å². The van der Waals surface area contributed by atoms with Crippen LogP contribution in [0.15, 0.2) is 24.3 Å². The van der Waals surface area contributed by atoms with Gasteiger partial charge in [0.05, 0.1) is 13.2 Å². The van der Waals surface area contributed by atoms with Crippen LogP contribution in [0.5, 0.6) is 5.75 Å². The van der Waals surface area contributed by atoms with E-state index in [1.807, 2.05) is 0 Å². The topological polar surface area (TPSA) is 25.4 Å². The average Bonchev–Trinajstić information content (AvgIpc) is 2.52. The fourth-order valence-corrected chi connectivity index (χ4v) is 2.09. The predicted octanol–water partition coefficient (Wildman–Crippen LogP) is 3.84. The second-order valence-corrected chi connectivity index (χ2v) is 4.73. The second kappa shape index (κ2) is 6.21. The molecule has 7 heteroatoms. The van der Waals surface area contributed by atoms with E-state index in [1.165, 1.54) is 14.2 Å². The molecular weight excluding hydrogens is 300 g/mol. The molecule has 1 atom stereocenters. The number of anilines is 1. The number of benzene rings is 1. The molecular formula is C15H14F4N2O. The van der Waals surface area contributed by atoms with Gasteiger partial charge in [0.25, 0.3) is 11.9 Å². The lowest BCUT2D eigenvalue weighted by atomic mass is 10.1. The van der Waals surface area contributed by atoms with E-state index in [0.29, 0.717) is 11.3 Å². The Morgan fingerprint density at radius 1 is 1.00 bits per heavy atom. The van der Waals surface area contributed by atoms with E-state index in [9.17, 15) is 17.6 Å². The van der Waals surface area contributed by atoms with E-state index in [-0.39, 0.29) is 0 Å². The number of aromatic nitrogens is 1. The van der Waals surface area contributed by atoms with Crippen LogP contribution < -0.4 is 9.64 Å². The van der Waals surface area contributed by atoms with Crippen LogP contribution in [-0.4, -0.2) is 19.1 Å². The van der Waals surface area contributed by atoms with Crippen LogP contribution in [0.25, 0.3) is 0 Å². The zero-order valence-electron chi connectivity index (χ0n) is 12.2. The van der Waals surface area contributed by atoms with Crippen LogP contribution in [0.1, 0.15) is 18.5 Å². The van der Waals surface area contributed by atoms with E-state index >= 15 is 0 Å². The summed E-state index contributed by atoms with van der Waals surface area (Å²) in [5.41, 5.74) is -0.104. The molecule has 2 aromatic rings. The molecule has 1 aromatic heterocycles. The molecule has 1 heterocycles. The molecule has 2 rings (SSSR count). The lowest BCUT2D eigenvalue weighted by Crippen LogP contribution is -2.25. The molecule has 0 N–H and O–H groups in total. The zero-order valence-corrected chi connectivity index (χ0v) is 12.2. The lowest BCUT2D eigenvalue weighted by Gasteiger charge is -2.28. The summed E-state index contributed by atoms with van der Waals surface area (Å²) in [5.74, 6) is -5.79. The van der Waals surface area contributed by atoms with Crippen molar-refractivity contribution in [1.82, 2.24) is 4.98 Å². The second-order valence-electron chi connectivity index (χ2n) is 4.73. The fourth-order valence-electron chi connectivity index (χ4n) is 2.09. The Morgan fingerprint density at radius 2 is 1.50 bits per heavy atom. The molecule has 0 radical (unpaired) electrons. The molecule has 1 aromatic carbocycles. The first-order valence-corrected chi connectivity index (χ1v) is 6.43. The van der Waals surface area contributed by atoms with Crippen molar-refractivity contribution < 1.29 is 22.3 Å². The van der Waals surface area contributed by atoms with Gasteiger partial charge < -0.3 is 9.64 Å². The van der Waals surface area contributed by atoms with Crippen molar-refractivity contribution in [3.8, 4) is 5.75 Å². The minimum Gasteiger partial charge on any atom is -0.497 e. The molecule has 0 aliphatic carbocycles. The van der Waals surface area contributed by atoms with Crippen LogP contribution in [0.2, 0.25) is 0 Å². The summed E-state index contributed by atoms with van der Waals surface area (Å²) in [7, 11) is 2.85. The van der Waals surface area contributed by atoms with Crippen LogP contribution in [0, 0.1) is 23.5 Å². The highest BCUT2D eigenvalue weighted by Crippen LogP contribution is 2.32. The maximum absolute atomic E-state index is 13.8. The van der Waals surface area contributed by atoms with Crippen molar-refractivity contribution in [2.45, 2.75) is 13.0 Å². The van der Waals surface area contributed by atoms with Gasteiger partial charge in [-0.3, -0.25) is 0 Å². The Kier molecular flexibility index (Phi) is 4.54. The van der Waals surface area contributed by atoms with Crippen molar-refractivity contribution in [3.05, 3.63) is 53.4 Å². The highest BCUT2D eigenvalue weighted by molar-refractivity contribution is 5.50. The molecule has 0 amide bonds. The first kappa shape index (κ1) is 16.1. The van der Waals surface area contributed by atoms with Gasteiger partial charge in [-0.1, -0.05) is 12.1 Å². The molecule has 0 spiro atoms. The third kappa shape index (κ3) is 2.84. The Balaban J connectivity index is 2.40. The average molecular weight is 314 g/mol. The highest BCUT2D eigenvalue weighted by atomic mass is 19.2. The summed E-state index contributed by atoms with van der Waals surface area (Å²) in [6.45, 7) is 1.65. The van der Waals surface area contributed by atoms with Gasteiger partial charge in [0.1, 0.15) is 11.4 Å². The van der Waals surface area contributed by atoms with E-state index in [1.54, 1.807) is 31.2 Å². The van der Waals surface area contributed by atoms with Gasteiger partial charge in [0.2, 0.25) is 11.6 Å². The van der Waals surface area contributed by atoms with E-state index in [2.05, 4.69) is 4.98 Å². The maximum atomic E-state index is 13.8. The third-order valence-electron chi connectivity index (χ3n) is 3.51. The summed E-state index contributed by atoms with van der Waals surface area (Å²) >= 11 is 0. The van der Waals surface area contributed by atoms with Gasteiger partial charge in [-0.15, -0.1) is 0 Å². The van der Waals surface area contributed by atoms with Crippen molar-refractivity contribution in [3.63, 3.8) is 0 Å². The number of methoxy groups -OCH3 is 1. The van der Waals surface area contributed by atoms with Gasteiger partial charge in [0, 0.05) is 7.05 Å². The zero-order chi connectivity index (χ0) is 16.4. The molecule has 0 saturated heterocycles. The summed E-state index contributed by atoms with van der Waals surface area (Å²) in [4.78, 5) is 3.66. The Morgan fingerprint density at radius 3 is 1.95 bits per heavy atom. The van der Waals surface area contributed by atoms with Crippen molar-refractivity contribution in [2.24, 2.45) is 0 Å². The molecule has 0 fully saturated rings. The molecule has 22 heavy (non-hydrogen) atoms. The van der Waals surface area contributed by atoms with Crippen molar-refractivity contribution in [2.75, 3.05) is 19.1 Å². The normalized spacial score (nSPS) is 12.1. The highest BCUT2D eigenvalue weighted by Gasteiger charge is 2.26. The Hall–Kier alpha value is -2.31. The quantitative estimate of drug-likeness (QED) is 0.633. The molecule has 0 bridgehead atoms. The first-order valence-electron chi connectivity index (χ1n) is 6.43. The monoisotopic (exact) mass is 314 g/mol. The summed E-state index contributed by atoms with van der Waals surface area (Å²) in [5, 5.41) is 0. The van der Waals surface area contributed by atoms with Gasteiger partial charge in [0.15, 0.2) is 0 Å². The minimum absolute atomic E-state index is 0.531. The summed E-state index contributed by atoms with van der Waals surface area (Å²) < 4.78 is 59.0. The predicted molar refractivity (Wildman–Crippen MR) is 73.9 cm³/mol. The third-order valence-corrected chi connectivity index (χ3v) is 3.51. The first-order chi connectivity index (χ1) is 10.4. The molecule has 3 nitrogen and oxygen atoms in total.